The largest absolute Gasteiger partial charge is 0.376 e. The lowest BCUT2D eigenvalue weighted by Crippen LogP contribution is -2.50. The molecule has 2 atom stereocenters. The van der Waals surface area contributed by atoms with Gasteiger partial charge in [0.1, 0.15) is 22.8 Å². The molecule has 9 heteroatoms. The molecule has 0 saturated carbocycles. The first kappa shape index (κ1) is 18.7. The first-order chi connectivity index (χ1) is 14.0. The summed E-state index contributed by atoms with van der Waals surface area (Å²) in [5, 5.41) is 4.54. The van der Waals surface area contributed by atoms with Gasteiger partial charge in [-0.3, -0.25) is 0 Å². The van der Waals surface area contributed by atoms with Crippen LogP contribution in [0.15, 0.2) is 30.6 Å². The first-order valence-electron chi connectivity index (χ1n) is 9.76. The van der Waals surface area contributed by atoms with Crippen LogP contribution in [0.2, 0.25) is 5.02 Å². The van der Waals surface area contributed by atoms with Gasteiger partial charge in [-0.05, 0) is 31.9 Å². The number of hydrogen-bond acceptors (Lipinski definition) is 6. The number of hydrogen-bond donors (Lipinski definition) is 1. The van der Waals surface area contributed by atoms with Crippen LogP contribution >= 0.6 is 11.6 Å². The molecule has 2 saturated heterocycles. The average molecular weight is 417 g/mol. The minimum absolute atomic E-state index is 0.0555. The van der Waals surface area contributed by atoms with E-state index in [1.807, 2.05) is 6.92 Å². The van der Waals surface area contributed by atoms with E-state index in [0.29, 0.717) is 11.2 Å². The van der Waals surface area contributed by atoms with Crippen LogP contribution in [-0.2, 0) is 4.74 Å². The van der Waals surface area contributed by atoms with Gasteiger partial charge < -0.3 is 15.4 Å². The van der Waals surface area contributed by atoms with E-state index in [2.05, 4.69) is 15.0 Å². The Morgan fingerprint density at radius 2 is 2.07 bits per heavy atom. The number of nitrogens with two attached hydrogens (primary N) is 1. The Labute approximate surface area is 172 Å². The van der Waals surface area contributed by atoms with Crippen molar-refractivity contribution in [2.45, 2.75) is 31.9 Å². The number of nitrogens with zero attached hydrogens (tertiary/aromatic N) is 5. The predicted octanol–water partition coefficient (Wildman–Crippen LogP) is 2.94. The molecule has 0 unspecified atom stereocenters. The van der Waals surface area contributed by atoms with Crippen LogP contribution in [0.4, 0.5) is 10.2 Å². The molecular weight excluding hydrogens is 395 g/mol. The molecule has 0 aliphatic carbocycles. The van der Waals surface area contributed by atoms with Gasteiger partial charge in [0.15, 0.2) is 5.65 Å². The number of para-hydroxylation sites is 1. The smallest absolute Gasteiger partial charge is 0.181 e. The second-order valence-corrected chi connectivity index (χ2v) is 8.36. The molecule has 1 aromatic carbocycles. The molecule has 0 bridgehead atoms. The number of aromatic nitrogens is 4. The van der Waals surface area contributed by atoms with Gasteiger partial charge in [0.05, 0.1) is 30.1 Å². The number of benzene rings is 1. The van der Waals surface area contributed by atoms with Gasteiger partial charge in [0.2, 0.25) is 0 Å². The summed E-state index contributed by atoms with van der Waals surface area (Å²) in [4.78, 5) is 11.4. The summed E-state index contributed by atoms with van der Waals surface area (Å²) < 4.78 is 21.5. The topological polar surface area (TPSA) is 82.1 Å². The van der Waals surface area contributed by atoms with E-state index in [0.717, 1.165) is 38.4 Å². The summed E-state index contributed by atoms with van der Waals surface area (Å²) >= 11 is 6.18. The van der Waals surface area contributed by atoms with Gasteiger partial charge in [-0.2, -0.15) is 5.10 Å². The second-order valence-electron chi connectivity index (χ2n) is 7.96. The van der Waals surface area contributed by atoms with E-state index >= 15 is 0 Å². The average Bonchev–Trinajstić information content (AvgIpc) is 3.25. The zero-order valence-corrected chi connectivity index (χ0v) is 16.8. The van der Waals surface area contributed by atoms with Gasteiger partial charge in [-0.15, -0.1) is 0 Å². The molecule has 2 aliphatic rings. The number of fused-ring (bicyclic) bond motifs is 1. The number of halogens is 2. The van der Waals surface area contributed by atoms with E-state index in [1.165, 1.54) is 10.7 Å². The molecule has 2 fully saturated rings. The van der Waals surface area contributed by atoms with Crippen LogP contribution in [-0.4, -0.2) is 51.6 Å². The van der Waals surface area contributed by atoms with Crippen molar-refractivity contribution >= 4 is 28.6 Å². The minimum atomic E-state index is -0.459. The summed E-state index contributed by atoms with van der Waals surface area (Å²) in [6, 6.07) is 4.60. The summed E-state index contributed by atoms with van der Waals surface area (Å²) in [7, 11) is 0. The highest BCUT2D eigenvalue weighted by molar-refractivity contribution is 6.32. The quantitative estimate of drug-likeness (QED) is 0.691. The fraction of sp³-hybridized carbons (Fsp3) is 0.450. The van der Waals surface area contributed by atoms with E-state index in [-0.39, 0.29) is 28.3 Å². The van der Waals surface area contributed by atoms with Crippen molar-refractivity contribution in [3.05, 3.63) is 41.4 Å². The third-order valence-electron chi connectivity index (χ3n) is 6.34. The molecular formula is C20H22ClFN6O. The number of anilines is 1. The molecule has 4 heterocycles. The van der Waals surface area contributed by atoms with Gasteiger partial charge in [0, 0.05) is 24.5 Å². The lowest BCUT2D eigenvalue weighted by Gasteiger charge is -2.41. The lowest BCUT2D eigenvalue weighted by molar-refractivity contribution is 0.0974. The van der Waals surface area contributed by atoms with Crippen LogP contribution in [0.5, 0.6) is 0 Å². The first-order valence-corrected chi connectivity index (χ1v) is 10.1. The number of piperidine rings is 1. The molecule has 29 heavy (non-hydrogen) atoms. The van der Waals surface area contributed by atoms with Crippen LogP contribution in [0, 0.1) is 11.2 Å². The van der Waals surface area contributed by atoms with Crippen molar-refractivity contribution in [2.24, 2.45) is 11.1 Å². The highest BCUT2D eigenvalue weighted by atomic mass is 35.5. The molecule has 0 amide bonds. The fourth-order valence-electron chi connectivity index (χ4n) is 4.47. The van der Waals surface area contributed by atoms with Crippen LogP contribution in [0.25, 0.3) is 16.9 Å². The van der Waals surface area contributed by atoms with Crippen LogP contribution in [0.1, 0.15) is 19.8 Å². The summed E-state index contributed by atoms with van der Waals surface area (Å²) in [6.07, 6.45) is 5.32. The zero-order chi connectivity index (χ0) is 20.2. The predicted molar refractivity (Wildman–Crippen MR) is 109 cm³/mol. The van der Waals surface area contributed by atoms with E-state index < -0.39 is 5.82 Å². The van der Waals surface area contributed by atoms with Crippen molar-refractivity contribution in [3.8, 4) is 5.69 Å². The van der Waals surface area contributed by atoms with Crippen LogP contribution < -0.4 is 10.6 Å². The summed E-state index contributed by atoms with van der Waals surface area (Å²) in [5.41, 5.74) is 7.70. The molecule has 3 aromatic rings. The third kappa shape index (κ3) is 2.97. The SMILES string of the molecule is C[C@@H]1OCC2(CCN(c3cnc4c(cnn4-c4c(F)cccc4Cl)n3)CC2)[C@@H]1N. The lowest BCUT2D eigenvalue weighted by atomic mass is 9.73. The monoisotopic (exact) mass is 416 g/mol. The molecule has 2 N–H and O–H groups in total. The molecule has 0 radical (unpaired) electrons. The Hall–Kier alpha value is -2.29. The normalized spacial score (nSPS) is 23.9. The van der Waals surface area contributed by atoms with Crippen molar-refractivity contribution in [2.75, 3.05) is 24.6 Å². The Morgan fingerprint density at radius 3 is 2.76 bits per heavy atom. The maximum absolute atomic E-state index is 14.3. The van der Waals surface area contributed by atoms with Gasteiger partial charge in [-0.1, -0.05) is 17.7 Å². The fourth-order valence-corrected chi connectivity index (χ4v) is 4.71. The van der Waals surface area contributed by atoms with Gasteiger partial charge >= 0.3 is 0 Å². The standard InChI is InChI=1S/C20H22ClFN6O/c1-12-18(23)20(11-29-12)5-7-27(8-6-20)16-10-24-19-15(26-16)9-25-28(19)17-13(21)3-2-4-14(17)22/h2-4,9-10,12,18H,5-8,11,23H2,1H3/t12-,18+/m0/s1. The molecule has 7 nitrogen and oxygen atoms in total. The van der Waals surface area contributed by atoms with Crippen molar-refractivity contribution in [1.82, 2.24) is 19.7 Å². The molecule has 5 rings (SSSR count). The van der Waals surface area contributed by atoms with Crippen LogP contribution in [0.3, 0.4) is 0 Å². The Bertz CT molecular complexity index is 1040. The van der Waals surface area contributed by atoms with E-state index in [9.17, 15) is 4.39 Å². The number of rotatable bonds is 2. The molecule has 1 spiro atoms. The maximum atomic E-state index is 14.3. The van der Waals surface area contributed by atoms with Crippen molar-refractivity contribution in [3.63, 3.8) is 0 Å². The molecule has 2 aromatic heterocycles. The zero-order valence-electron chi connectivity index (χ0n) is 16.1. The minimum Gasteiger partial charge on any atom is -0.376 e. The number of ether oxygens (including phenoxy) is 1. The van der Waals surface area contributed by atoms with Crippen molar-refractivity contribution in [1.29, 1.82) is 0 Å². The maximum Gasteiger partial charge on any atom is 0.181 e. The third-order valence-corrected chi connectivity index (χ3v) is 6.65. The van der Waals surface area contributed by atoms with Gasteiger partial charge in [-0.25, -0.2) is 19.0 Å². The molecule has 2 aliphatic heterocycles. The second kappa shape index (κ2) is 6.90. The summed E-state index contributed by atoms with van der Waals surface area (Å²) in [6.45, 7) is 4.46. The van der Waals surface area contributed by atoms with Gasteiger partial charge in [0.25, 0.3) is 0 Å². The highest BCUT2D eigenvalue weighted by Crippen LogP contribution is 2.41. The molecule has 152 valence electrons. The Morgan fingerprint density at radius 1 is 1.28 bits per heavy atom. The highest BCUT2D eigenvalue weighted by Gasteiger charge is 2.47. The summed E-state index contributed by atoms with van der Waals surface area (Å²) in [5.74, 6) is 0.325. The van der Waals surface area contributed by atoms with E-state index in [1.54, 1.807) is 24.5 Å². The Kier molecular flexibility index (Phi) is 4.45. The van der Waals surface area contributed by atoms with Crippen molar-refractivity contribution < 1.29 is 9.13 Å². The van der Waals surface area contributed by atoms with E-state index in [4.69, 9.17) is 27.1 Å². The Balaban J connectivity index is 1.41.